The molecule has 0 aromatic heterocycles. The Kier molecular flexibility index (Phi) is 4.44. The maximum Gasteiger partial charge on any atom is 0.179 e. The molecule has 0 aromatic rings. The minimum atomic E-state index is 0.535. The molecule has 0 aliphatic carbocycles. The van der Waals surface area contributed by atoms with Crippen molar-refractivity contribution in [1.82, 2.24) is 9.80 Å². The average Bonchev–Trinajstić information content (AvgIpc) is 2.40. The van der Waals surface area contributed by atoms with Crippen molar-refractivity contribution in [2.75, 3.05) is 33.2 Å². The molecule has 4 nitrogen and oxygen atoms in total. The first-order valence-corrected chi connectivity index (χ1v) is 6.94. The lowest BCUT2D eigenvalue weighted by Gasteiger charge is -2.42. The van der Waals surface area contributed by atoms with E-state index in [2.05, 4.69) is 24.2 Å². The van der Waals surface area contributed by atoms with E-state index in [1.807, 2.05) is 4.90 Å². The van der Waals surface area contributed by atoms with Crippen molar-refractivity contribution in [3.05, 3.63) is 0 Å². The van der Waals surface area contributed by atoms with Crippen molar-refractivity contribution >= 4 is 0 Å². The minimum Gasteiger partial charge on any atom is -0.311 e. The number of rotatable bonds is 2. The van der Waals surface area contributed by atoms with Crippen molar-refractivity contribution in [2.45, 2.75) is 25.7 Å². The number of piperidine rings is 2. The molecule has 2 aliphatic rings. The van der Waals surface area contributed by atoms with Gasteiger partial charge in [-0.1, -0.05) is 0 Å². The summed E-state index contributed by atoms with van der Waals surface area (Å²) >= 11 is 0. The second-order valence-corrected chi connectivity index (χ2v) is 5.76. The summed E-state index contributed by atoms with van der Waals surface area (Å²) < 4.78 is 0. The monoisotopic (exact) mass is 246 g/mol. The Hall–Kier alpha value is -1.26. The molecule has 0 aromatic carbocycles. The summed E-state index contributed by atoms with van der Waals surface area (Å²) in [5, 5.41) is 17.9. The number of likely N-dealkylation sites (tertiary alicyclic amines) is 2. The molecule has 2 fully saturated rings. The van der Waals surface area contributed by atoms with Crippen LogP contribution in [0.15, 0.2) is 0 Å². The number of hydrogen-bond acceptors (Lipinski definition) is 4. The summed E-state index contributed by atoms with van der Waals surface area (Å²) in [6.45, 7) is 4.04. The maximum atomic E-state index is 8.98. The highest BCUT2D eigenvalue weighted by Crippen LogP contribution is 2.36. The van der Waals surface area contributed by atoms with Crippen LogP contribution in [0.1, 0.15) is 25.7 Å². The van der Waals surface area contributed by atoms with Gasteiger partial charge in [-0.15, -0.1) is 0 Å². The summed E-state index contributed by atoms with van der Waals surface area (Å²) in [4.78, 5) is 4.22. The van der Waals surface area contributed by atoms with Crippen LogP contribution in [0.2, 0.25) is 0 Å². The van der Waals surface area contributed by atoms with Gasteiger partial charge >= 0.3 is 0 Å². The van der Waals surface area contributed by atoms with Gasteiger partial charge in [0.1, 0.15) is 0 Å². The molecular weight excluding hydrogens is 224 g/mol. The first kappa shape index (κ1) is 13.2. The van der Waals surface area contributed by atoms with Gasteiger partial charge in [0, 0.05) is 26.1 Å². The fraction of sp³-hybridized carbons (Fsp3) is 0.857. The molecule has 0 saturated carbocycles. The lowest BCUT2D eigenvalue weighted by Crippen LogP contribution is -2.43. The first-order chi connectivity index (χ1) is 8.74. The highest BCUT2D eigenvalue weighted by molar-refractivity contribution is 4.91. The van der Waals surface area contributed by atoms with Crippen molar-refractivity contribution in [3.63, 3.8) is 0 Å². The van der Waals surface area contributed by atoms with E-state index in [-0.39, 0.29) is 0 Å². The van der Waals surface area contributed by atoms with Gasteiger partial charge in [-0.05, 0) is 50.6 Å². The van der Waals surface area contributed by atoms with E-state index in [9.17, 15) is 0 Å². The summed E-state index contributed by atoms with van der Waals surface area (Å²) in [5.74, 6) is 1.95. The molecule has 0 radical (unpaired) electrons. The second kappa shape index (κ2) is 6.07. The standard InChI is InChI=1S/C14H22N4/c1-17-7-5-14(13(10-17)2-6-15)12-3-8-18(11-16)9-4-12/h12-14H,2-5,7-10H2,1H3. The predicted molar refractivity (Wildman–Crippen MR) is 69.2 cm³/mol. The number of hydrogen-bond donors (Lipinski definition) is 0. The zero-order chi connectivity index (χ0) is 13.0. The third-order valence-corrected chi connectivity index (χ3v) is 4.64. The van der Waals surface area contributed by atoms with Crippen LogP contribution in [0.25, 0.3) is 0 Å². The van der Waals surface area contributed by atoms with Gasteiger partial charge in [0.15, 0.2) is 6.19 Å². The Morgan fingerprint density at radius 3 is 2.44 bits per heavy atom. The number of nitriles is 2. The summed E-state index contributed by atoms with van der Waals surface area (Å²) in [7, 11) is 2.15. The van der Waals surface area contributed by atoms with Gasteiger partial charge in [0.05, 0.1) is 6.07 Å². The minimum absolute atomic E-state index is 0.535. The highest BCUT2D eigenvalue weighted by Gasteiger charge is 2.34. The van der Waals surface area contributed by atoms with E-state index < -0.39 is 0 Å². The predicted octanol–water partition coefficient (Wildman–Crippen LogP) is 1.66. The molecule has 2 atom stereocenters. The maximum absolute atomic E-state index is 8.98. The lowest BCUT2D eigenvalue weighted by atomic mass is 9.72. The zero-order valence-electron chi connectivity index (χ0n) is 11.2. The van der Waals surface area contributed by atoms with Crippen LogP contribution in [0.5, 0.6) is 0 Å². The largest absolute Gasteiger partial charge is 0.311 e. The molecule has 2 rings (SSSR count). The van der Waals surface area contributed by atoms with E-state index in [0.29, 0.717) is 18.3 Å². The smallest absolute Gasteiger partial charge is 0.179 e. The molecule has 0 N–H and O–H groups in total. The lowest BCUT2D eigenvalue weighted by molar-refractivity contribution is 0.0726. The third kappa shape index (κ3) is 2.94. The van der Waals surface area contributed by atoms with Gasteiger partial charge < -0.3 is 9.80 Å². The Balaban J connectivity index is 1.94. The van der Waals surface area contributed by atoms with E-state index in [1.54, 1.807) is 0 Å². The van der Waals surface area contributed by atoms with E-state index >= 15 is 0 Å². The van der Waals surface area contributed by atoms with Crippen LogP contribution in [0.3, 0.4) is 0 Å². The normalized spacial score (nSPS) is 30.7. The van der Waals surface area contributed by atoms with Crippen LogP contribution in [-0.4, -0.2) is 43.0 Å². The Bertz CT molecular complexity index is 346. The molecule has 2 saturated heterocycles. The van der Waals surface area contributed by atoms with Crippen LogP contribution in [0, 0.1) is 40.5 Å². The average molecular weight is 246 g/mol. The van der Waals surface area contributed by atoms with E-state index in [0.717, 1.165) is 44.9 Å². The van der Waals surface area contributed by atoms with Crippen LogP contribution < -0.4 is 0 Å². The molecule has 2 aliphatic heterocycles. The number of nitrogens with zero attached hydrogens (tertiary/aromatic N) is 4. The molecule has 0 spiro atoms. The SMILES string of the molecule is CN1CCC(C2CCN(C#N)CC2)C(CC#N)C1. The van der Waals surface area contributed by atoms with Crippen molar-refractivity contribution < 1.29 is 0 Å². The van der Waals surface area contributed by atoms with Crippen LogP contribution in [0.4, 0.5) is 0 Å². The molecule has 98 valence electrons. The molecular formula is C14H22N4. The third-order valence-electron chi connectivity index (χ3n) is 4.64. The van der Waals surface area contributed by atoms with Gasteiger partial charge in [-0.3, -0.25) is 0 Å². The molecule has 4 heteroatoms. The van der Waals surface area contributed by atoms with Gasteiger partial charge in [-0.2, -0.15) is 10.5 Å². The fourth-order valence-corrected chi connectivity index (χ4v) is 3.61. The van der Waals surface area contributed by atoms with Crippen molar-refractivity contribution in [3.8, 4) is 12.3 Å². The molecule has 2 heterocycles. The second-order valence-electron chi connectivity index (χ2n) is 5.76. The Morgan fingerprint density at radius 2 is 1.83 bits per heavy atom. The van der Waals surface area contributed by atoms with E-state index in [4.69, 9.17) is 10.5 Å². The molecule has 18 heavy (non-hydrogen) atoms. The Morgan fingerprint density at radius 1 is 1.11 bits per heavy atom. The summed E-state index contributed by atoms with van der Waals surface area (Å²) in [5.41, 5.74) is 0. The highest BCUT2D eigenvalue weighted by atomic mass is 15.1. The molecule has 2 unspecified atom stereocenters. The summed E-state index contributed by atoms with van der Waals surface area (Å²) in [6.07, 6.45) is 6.41. The van der Waals surface area contributed by atoms with Gasteiger partial charge in [0.2, 0.25) is 0 Å². The van der Waals surface area contributed by atoms with E-state index in [1.165, 1.54) is 6.42 Å². The van der Waals surface area contributed by atoms with Crippen LogP contribution in [-0.2, 0) is 0 Å². The quantitative estimate of drug-likeness (QED) is 0.695. The topological polar surface area (TPSA) is 54.1 Å². The van der Waals surface area contributed by atoms with Gasteiger partial charge in [0.25, 0.3) is 0 Å². The van der Waals surface area contributed by atoms with Crippen molar-refractivity contribution in [2.24, 2.45) is 17.8 Å². The van der Waals surface area contributed by atoms with Gasteiger partial charge in [-0.25, -0.2) is 0 Å². The zero-order valence-corrected chi connectivity index (χ0v) is 11.2. The first-order valence-electron chi connectivity index (χ1n) is 6.94. The Labute approximate surface area is 110 Å². The molecule has 0 bridgehead atoms. The van der Waals surface area contributed by atoms with Crippen LogP contribution >= 0.6 is 0 Å². The summed E-state index contributed by atoms with van der Waals surface area (Å²) in [6, 6.07) is 2.36. The fourth-order valence-electron chi connectivity index (χ4n) is 3.61. The van der Waals surface area contributed by atoms with Crippen molar-refractivity contribution in [1.29, 1.82) is 10.5 Å². The molecule has 0 amide bonds.